The van der Waals surface area contributed by atoms with Crippen LogP contribution in [0.4, 0.5) is 5.69 Å². The second-order valence-corrected chi connectivity index (χ2v) is 7.92. The minimum atomic E-state index is -0.240. The molecule has 1 aliphatic heterocycles. The van der Waals surface area contributed by atoms with Crippen molar-refractivity contribution in [3.63, 3.8) is 0 Å². The number of hydrogen-bond acceptors (Lipinski definition) is 4. The van der Waals surface area contributed by atoms with E-state index in [1.165, 1.54) is 11.8 Å². The molecule has 156 valence electrons. The lowest BCUT2D eigenvalue weighted by molar-refractivity contribution is -0.128. The Labute approximate surface area is 182 Å². The van der Waals surface area contributed by atoms with E-state index >= 15 is 0 Å². The van der Waals surface area contributed by atoms with Crippen LogP contribution in [0.5, 0.6) is 5.75 Å². The van der Waals surface area contributed by atoms with E-state index in [2.05, 4.69) is 29.6 Å². The zero-order chi connectivity index (χ0) is 21.6. The van der Waals surface area contributed by atoms with E-state index in [-0.39, 0.29) is 17.2 Å². The number of carbonyl (C=O) groups excluding carboxylic acids is 1. The van der Waals surface area contributed by atoms with E-state index in [9.17, 15) is 15.2 Å². The number of nitrogens with zero attached hydrogens (tertiary/aromatic N) is 2. The van der Waals surface area contributed by atoms with Crippen molar-refractivity contribution < 1.29 is 9.90 Å². The van der Waals surface area contributed by atoms with Crippen molar-refractivity contribution in [3.05, 3.63) is 84.1 Å². The highest BCUT2D eigenvalue weighted by Crippen LogP contribution is 2.30. The van der Waals surface area contributed by atoms with Gasteiger partial charge in [-0.25, -0.2) is 0 Å². The summed E-state index contributed by atoms with van der Waals surface area (Å²) in [6, 6.07) is 23.3. The summed E-state index contributed by atoms with van der Waals surface area (Å²) in [5.41, 5.74) is 2.14. The Morgan fingerprint density at radius 3 is 2.48 bits per heavy atom. The summed E-state index contributed by atoms with van der Waals surface area (Å²) in [6.07, 6.45) is 4.38. The number of hydrogen-bond donors (Lipinski definition) is 2. The summed E-state index contributed by atoms with van der Waals surface area (Å²) in [6.45, 7) is 1.33. The number of fused-ring (bicyclic) bond motifs is 1. The molecule has 1 aliphatic rings. The molecule has 1 heterocycles. The molecule has 31 heavy (non-hydrogen) atoms. The normalized spacial score (nSPS) is 14.9. The molecule has 5 heteroatoms. The van der Waals surface area contributed by atoms with E-state index in [4.69, 9.17) is 0 Å². The number of benzene rings is 3. The average molecular weight is 412 g/mol. The van der Waals surface area contributed by atoms with Gasteiger partial charge >= 0.3 is 0 Å². The molecule has 3 aromatic rings. The summed E-state index contributed by atoms with van der Waals surface area (Å²) in [5.74, 6) is 0.513. The van der Waals surface area contributed by atoms with E-state index in [1.54, 1.807) is 17.0 Å². The first-order valence-corrected chi connectivity index (χ1v) is 10.6. The fourth-order valence-electron chi connectivity index (χ4n) is 4.17. The van der Waals surface area contributed by atoms with Gasteiger partial charge in [-0.1, -0.05) is 54.6 Å². The molecule has 0 radical (unpaired) electrons. The van der Waals surface area contributed by atoms with E-state index < -0.39 is 0 Å². The van der Waals surface area contributed by atoms with Crippen LogP contribution >= 0.6 is 0 Å². The van der Waals surface area contributed by atoms with Gasteiger partial charge in [-0.05, 0) is 42.9 Å². The van der Waals surface area contributed by atoms with Crippen LogP contribution in [0.15, 0.2) is 78.5 Å². The standard InChI is InChI=1S/C26H25N3O2/c27-17-21(18-28-24-10-4-9-23-22(24)8-5-11-25(23)30)26(31)29-14-12-20(13-15-29)16-19-6-2-1-3-7-19/h1-11,18,20,28,30H,12-16H2/b21-18-. The minimum absolute atomic E-state index is 0.0821. The van der Waals surface area contributed by atoms with Crippen LogP contribution < -0.4 is 5.32 Å². The van der Waals surface area contributed by atoms with E-state index in [1.807, 2.05) is 36.4 Å². The summed E-state index contributed by atoms with van der Waals surface area (Å²) < 4.78 is 0. The first-order valence-electron chi connectivity index (χ1n) is 10.6. The first kappa shape index (κ1) is 20.5. The predicted octanol–water partition coefficient (Wildman–Crippen LogP) is 4.85. The van der Waals surface area contributed by atoms with Crippen LogP contribution in [-0.4, -0.2) is 29.0 Å². The molecule has 0 spiro atoms. The minimum Gasteiger partial charge on any atom is -0.507 e. The van der Waals surface area contributed by atoms with Gasteiger partial charge in [0.25, 0.3) is 5.91 Å². The molecule has 5 nitrogen and oxygen atoms in total. The van der Waals surface area contributed by atoms with Crippen molar-refractivity contribution in [1.29, 1.82) is 5.26 Å². The van der Waals surface area contributed by atoms with E-state index in [0.29, 0.717) is 24.4 Å². The second-order valence-electron chi connectivity index (χ2n) is 7.92. The lowest BCUT2D eigenvalue weighted by Gasteiger charge is -2.32. The topological polar surface area (TPSA) is 76.4 Å². The largest absolute Gasteiger partial charge is 0.507 e. The average Bonchev–Trinajstić information content (AvgIpc) is 2.81. The van der Waals surface area contributed by atoms with Gasteiger partial charge in [0, 0.05) is 35.7 Å². The third-order valence-electron chi connectivity index (χ3n) is 5.89. The zero-order valence-electron chi connectivity index (χ0n) is 17.3. The van der Waals surface area contributed by atoms with Crippen molar-refractivity contribution in [3.8, 4) is 11.8 Å². The molecule has 0 saturated carbocycles. The first-order chi connectivity index (χ1) is 15.2. The van der Waals surface area contributed by atoms with E-state index in [0.717, 1.165) is 30.3 Å². The molecule has 1 amide bonds. The highest BCUT2D eigenvalue weighted by molar-refractivity contribution is 6.00. The number of anilines is 1. The molecule has 2 N–H and O–H groups in total. The summed E-state index contributed by atoms with van der Waals surface area (Å²) in [4.78, 5) is 14.7. The van der Waals surface area contributed by atoms with Crippen molar-refractivity contribution in [1.82, 2.24) is 4.90 Å². The smallest absolute Gasteiger partial charge is 0.266 e. The van der Waals surface area contributed by atoms with Crippen LogP contribution in [0.1, 0.15) is 18.4 Å². The predicted molar refractivity (Wildman–Crippen MR) is 122 cm³/mol. The number of piperidine rings is 1. The molecule has 3 aromatic carbocycles. The molecule has 0 atom stereocenters. The highest BCUT2D eigenvalue weighted by atomic mass is 16.3. The summed E-state index contributed by atoms with van der Waals surface area (Å²) >= 11 is 0. The van der Waals surface area contributed by atoms with Crippen molar-refractivity contribution in [2.75, 3.05) is 18.4 Å². The van der Waals surface area contributed by atoms with Gasteiger partial charge in [-0.15, -0.1) is 0 Å². The van der Waals surface area contributed by atoms with Crippen molar-refractivity contribution >= 4 is 22.4 Å². The Hall–Kier alpha value is -3.78. The maximum Gasteiger partial charge on any atom is 0.266 e. The van der Waals surface area contributed by atoms with Crippen LogP contribution in [0.3, 0.4) is 0 Å². The number of aromatic hydroxyl groups is 1. The Morgan fingerprint density at radius 1 is 1.03 bits per heavy atom. The van der Waals surface area contributed by atoms with Gasteiger partial charge in [-0.3, -0.25) is 4.79 Å². The van der Waals surface area contributed by atoms with Gasteiger partial charge in [0.15, 0.2) is 0 Å². The molecule has 0 aromatic heterocycles. The quantitative estimate of drug-likeness (QED) is 0.465. The number of carbonyl (C=O) groups is 1. The molecule has 1 fully saturated rings. The van der Waals surface area contributed by atoms with Gasteiger partial charge in [-0.2, -0.15) is 5.26 Å². The third kappa shape index (κ3) is 4.70. The number of rotatable bonds is 5. The SMILES string of the molecule is N#C/C(=C/Nc1cccc2c(O)cccc12)C(=O)N1CCC(Cc2ccccc2)CC1. The molecule has 1 saturated heterocycles. The van der Waals surface area contributed by atoms with Crippen molar-refractivity contribution in [2.24, 2.45) is 5.92 Å². The van der Waals surface area contributed by atoms with Gasteiger partial charge in [0.1, 0.15) is 17.4 Å². The maximum absolute atomic E-state index is 12.9. The van der Waals surface area contributed by atoms with Crippen LogP contribution in [0, 0.1) is 17.2 Å². The van der Waals surface area contributed by atoms with Gasteiger partial charge in [0.2, 0.25) is 0 Å². The summed E-state index contributed by atoms with van der Waals surface area (Å²) in [5, 5.41) is 24.2. The number of amides is 1. The summed E-state index contributed by atoms with van der Waals surface area (Å²) in [7, 11) is 0. The number of nitrogens with one attached hydrogen (secondary N) is 1. The van der Waals surface area contributed by atoms with Crippen molar-refractivity contribution in [2.45, 2.75) is 19.3 Å². The third-order valence-corrected chi connectivity index (χ3v) is 5.89. The lowest BCUT2D eigenvalue weighted by Crippen LogP contribution is -2.39. The Kier molecular flexibility index (Phi) is 6.18. The number of nitriles is 1. The number of phenolic OH excluding ortho intramolecular Hbond substituents is 1. The van der Waals surface area contributed by atoms with Crippen LogP contribution in [-0.2, 0) is 11.2 Å². The molecule has 0 aliphatic carbocycles. The Morgan fingerprint density at radius 2 is 1.74 bits per heavy atom. The Balaban J connectivity index is 1.41. The monoisotopic (exact) mass is 411 g/mol. The molecular formula is C26H25N3O2. The fourth-order valence-corrected chi connectivity index (χ4v) is 4.17. The zero-order valence-corrected chi connectivity index (χ0v) is 17.3. The number of likely N-dealkylation sites (tertiary alicyclic amines) is 1. The highest BCUT2D eigenvalue weighted by Gasteiger charge is 2.25. The van der Waals surface area contributed by atoms with Crippen LogP contribution in [0.2, 0.25) is 0 Å². The van der Waals surface area contributed by atoms with Crippen LogP contribution in [0.25, 0.3) is 10.8 Å². The maximum atomic E-state index is 12.9. The Bertz CT molecular complexity index is 1140. The molecular weight excluding hydrogens is 386 g/mol. The lowest BCUT2D eigenvalue weighted by atomic mass is 9.90. The van der Waals surface area contributed by atoms with Gasteiger partial charge < -0.3 is 15.3 Å². The molecule has 4 rings (SSSR count). The molecule has 0 bridgehead atoms. The number of phenols is 1. The second kappa shape index (κ2) is 9.36. The van der Waals surface area contributed by atoms with Gasteiger partial charge in [0.05, 0.1) is 0 Å². The molecule has 0 unspecified atom stereocenters. The fraction of sp³-hybridized carbons (Fsp3) is 0.231.